The molecule has 0 atom stereocenters. The molecule has 1 aromatic rings. The van der Waals surface area contributed by atoms with Crippen LogP contribution in [0.25, 0.3) is 0 Å². The normalized spacial score (nSPS) is 24.1. The van der Waals surface area contributed by atoms with E-state index in [9.17, 15) is 9.18 Å². The smallest absolute Gasteiger partial charge is 0.478 e. The van der Waals surface area contributed by atoms with Crippen molar-refractivity contribution < 1.29 is 23.6 Å². The first-order valence-corrected chi connectivity index (χ1v) is 9.64. The van der Waals surface area contributed by atoms with Crippen LogP contribution in [0.4, 0.5) is 4.39 Å². The van der Waals surface area contributed by atoms with Crippen molar-refractivity contribution in [2.75, 3.05) is 0 Å². The highest BCUT2D eigenvalue weighted by molar-refractivity contribution is 6.53. The van der Waals surface area contributed by atoms with Gasteiger partial charge in [0.15, 0.2) is 0 Å². The van der Waals surface area contributed by atoms with Gasteiger partial charge in [0.1, 0.15) is 5.73 Å². The van der Waals surface area contributed by atoms with Crippen LogP contribution < -0.4 is 0 Å². The van der Waals surface area contributed by atoms with E-state index in [0.717, 1.165) is 30.4 Å². The van der Waals surface area contributed by atoms with Gasteiger partial charge >= 0.3 is 13.1 Å². The molecule has 1 N–H and O–H groups in total. The molecule has 0 spiro atoms. The molecule has 0 aromatic heterocycles. The van der Waals surface area contributed by atoms with Gasteiger partial charge < -0.3 is 14.4 Å². The monoisotopic (exact) mass is 374 g/mol. The van der Waals surface area contributed by atoms with Crippen LogP contribution in [-0.2, 0) is 15.7 Å². The topological polar surface area (TPSA) is 55.8 Å². The Hall–Kier alpha value is -1.66. The first kappa shape index (κ1) is 20.1. The quantitative estimate of drug-likeness (QED) is 0.756. The molecular weight excluding hydrogens is 346 g/mol. The lowest BCUT2D eigenvalue weighted by Gasteiger charge is -2.32. The van der Waals surface area contributed by atoms with Gasteiger partial charge in [-0.15, -0.1) is 0 Å². The van der Waals surface area contributed by atoms with E-state index in [1.165, 1.54) is 0 Å². The maximum atomic E-state index is 14.9. The molecule has 1 saturated carbocycles. The van der Waals surface area contributed by atoms with Crippen LogP contribution in [0.15, 0.2) is 35.6 Å². The highest BCUT2D eigenvalue weighted by Gasteiger charge is 2.53. The molecule has 2 aliphatic rings. The van der Waals surface area contributed by atoms with Gasteiger partial charge in [-0.25, -0.2) is 9.18 Å². The van der Waals surface area contributed by atoms with Crippen molar-refractivity contribution >= 4 is 13.1 Å². The summed E-state index contributed by atoms with van der Waals surface area (Å²) in [4.78, 5) is 10.9. The zero-order chi connectivity index (χ0) is 19.8. The Bertz CT molecular complexity index is 713. The summed E-state index contributed by atoms with van der Waals surface area (Å²) in [6.07, 6.45) is 4.17. The number of aromatic carboxylic acids is 1. The van der Waals surface area contributed by atoms with Crippen molar-refractivity contribution in [3.05, 3.63) is 46.7 Å². The molecule has 0 unspecified atom stereocenters. The molecule has 0 bridgehead atoms. The van der Waals surface area contributed by atoms with E-state index in [-0.39, 0.29) is 5.73 Å². The molecule has 6 heteroatoms. The average Bonchev–Trinajstić information content (AvgIpc) is 2.83. The summed E-state index contributed by atoms with van der Waals surface area (Å²) in [5.74, 6) is -0.428. The van der Waals surface area contributed by atoms with E-state index < -0.39 is 24.3 Å². The summed E-state index contributed by atoms with van der Waals surface area (Å²) in [5.41, 5.74) is 0.925. The molecule has 27 heavy (non-hydrogen) atoms. The van der Waals surface area contributed by atoms with E-state index in [1.54, 1.807) is 12.1 Å². The van der Waals surface area contributed by atoms with Crippen molar-refractivity contribution in [3.63, 3.8) is 0 Å². The van der Waals surface area contributed by atoms with Crippen molar-refractivity contribution in [2.24, 2.45) is 5.92 Å². The minimum Gasteiger partial charge on any atom is -0.478 e. The van der Waals surface area contributed by atoms with Crippen LogP contribution >= 0.6 is 0 Å². The predicted molar refractivity (Wildman–Crippen MR) is 103 cm³/mol. The molecule has 1 aliphatic heterocycles. The molecule has 0 radical (unpaired) electrons. The Morgan fingerprint density at radius 2 is 1.63 bits per heavy atom. The van der Waals surface area contributed by atoms with Crippen LogP contribution in [0, 0.1) is 5.92 Å². The van der Waals surface area contributed by atoms with Gasteiger partial charge in [-0.1, -0.05) is 12.1 Å². The SMILES string of the molecule is CC1(C)OB(C(F)=C2CCC(Cc3ccc(C(=O)O)cc3)CC2)OC1(C)C. The van der Waals surface area contributed by atoms with Gasteiger partial charge in [-0.05, 0) is 89.0 Å². The summed E-state index contributed by atoms with van der Waals surface area (Å²) >= 11 is 0. The second-order valence-electron chi connectivity index (χ2n) is 8.69. The fraction of sp³-hybridized carbons (Fsp3) is 0.571. The van der Waals surface area contributed by atoms with E-state index in [4.69, 9.17) is 14.4 Å². The Labute approximate surface area is 160 Å². The molecule has 4 nitrogen and oxygen atoms in total. The lowest BCUT2D eigenvalue weighted by Crippen LogP contribution is -2.41. The number of allylic oxidation sites excluding steroid dienone is 1. The van der Waals surface area contributed by atoms with E-state index in [2.05, 4.69) is 0 Å². The number of rotatable bonds is 4. The number of benzene rings is 1. The summed E-state index contributed by atoms with van der Waals surface area (Å²) < 4.78 is 26.6. The largest absolute Gasteiger partial charge is 0.525 e. The number of hydrogen-bond donors (Lipinski definition) is 1. The summed E-state index contributed by atoms with van der Waals surface area (Å²) in [6.45, 7) is 7.71. The predicted octanol–water partition coefficient (Wildman–Crippen LogP) is 4.97. The van der Waals surface area contributed by atoms with E-state index in [1.807, 2.05) is 39.8 Å². The highest BCUT2D eigenvalue weighted by Crippen LogP contribution is 2.41. The van der Waals surface area contributed by atoms with Gasteiger partial charge in [0.05, 0.1) is 16.8 Å². The third-order valence-corrected chi connectivity index (χ3v) is 6.23. The fourth-order valence-electron chi connectivity index (χ4n) is 3.70. The Morgan fingerprint density at radius 3 is 2.11 bits per heavy atom. The first-order valence-electron chi connectivity index (χ1n) is 9.64. The van der Waals surface area contributed by atoms with Gasteiger partial charge in [-0.3, -0.25) is 0 Å². The van der Waals surface area contributed by atoms with Crippen LogP contribution in [0.1, 0.15) is 69.3 Å². The standard InChI is InChI=1S/C21H28BFO4/c1-20(2)21(3,4)27-22(26-20)18(23)16-9-5-14(6-10-16)13-15-7-11-17(12-8-15)19(24)25/h7-8,11-12,14H,5-6,9-10,13H2,1-4H3,(H,24,25). The minimum atomic E-state index is -0.910. The number of carboxylic acids is 1. The summed E-state index contributed by atoms with van der Waals surface area (Å²) in [7, 11) is -0.898. The minimum absolute atomic E-state index is 0.252. The van der Waals surface area contributed by atoms with Crippen molar-refractivity contribution in [1.82, 2.24) is 0 Å². The molecule has 1 heterocycles. The molecule has 146 valence electrons. The van der Waals surface area contributed by atoms with Gasteiger partial charge in [-0.2, -0.15) is 0 Å². The number of halogens is 1. The van der Waals surface area contributed by atoms with Gasteiger partial charge in [0, 0.05) is 0 Å². The lowest BCUT2D eigenvalue weighted by molar-refractivity contribution is 0.00578. The molecule has 1 aromatic carbocycles. The molecule has 1 aliphatic carbocycles. The molecular formula is C21H28BFO4. The van der Waals surface area contributed by atoms with Gasteiger partial charge in [0.25, 0.3) is 0 Å². The van der Waals surface area contributed by atoms with Crippen molar-refractivity contribution in [2.45, 2.75) is 71.0 Å². The Balaban J connectivity index is 1.58. The summed E-state index contributed by atoms with van der Waals surface area (Å²) in [5, 5.41) is 8.97. The zero-order valence-corrected chi connectivity index (χ0v) is 16.5. The second kappa shape index (κ2) is 7.40. The first-order chi connectivity index (χ1) is 12.6. The fourth-order valence-corrected chi connectivity index (χ4v) is 3.70. The summed E-state index contributed by atoms with van der Waals surface area (Å²) in [6, 6.07) is 7.03. The second-order valence-corrected chi connectivity index (χ2v) is 8.69. The number of carboxylic acid groups (broad SMARTS) is 1. The van der Waals surface area contributed by atoms with Gasteiger partial charge in [0.2, 0.25) is 0 Å². The Morgan fingerprint density at radius 1 is 1.11 bits per heavy atom. The average molecular weight is 374 g/mol. The lowest BCUT2D eigenvalue weighted by atomic mass is 9.76. The zero-order valence-electron chi connectivity index (χ0n) is 16.5. The number of hydrogen-bond acceptors (Lipinski definition) is 3. The maximum Gasteiger partial charge on any atom is 0.525 e. The molecule has 1 saturated heterocycles. The van der Waals surface area contributed by atoms with Crippen molar-refractivity contribution in [1.29, 1.82) is 0 Å². The van der Waals surface area contributed by atoms with E-state index >= 15 is 0 Å². The number of carbonyl (C=O) groups is 1. The van der Waals surface area contributed by atoms with Crippen LogP contribution in [0.5, 0.6) is 0 Å². The van der Waals surface area contributed by atoms with Crippen LogP contribution in [0.3, 0.4) is 0 Å². The van der Waals surface area contributed by atoms with Crippen LogP contribution in [-0.4, -0.2) is 29.4 Å². The maximum absolute atomic E-state index is 14.9. The van der Waals surface area contributed by atoms with Crippen LogP contribution in [0.2, 0.25) is 0 Å². The molecule has 2 fully saturated rings. The molecule has 3 rings (SSSR count). The Kier molecular flexibility index (Phi) is 5.51. The van der Waals surface area contributed by atoms with E-state index in [0.29, 0.717) is 24.3 Å². The molecule has 0 amide bonds. The highest BCUT2D eigenvalue weighted by atomic mass is 19.1. The van der Waals surface area contributed by atoms with Crippen molar-refractivity contribution in [3.8, 4) is 0 Å². The third kappa shape index (κ3) is 4.27. The third-order valence-electron chi connectivity index (χ3n) is 6.23.